The van der Waals surface area contributed by atoms with E-state index >= 15 is 0 Å². The van der Waals surface area contributed by atoms with E-state index in [9.17, 15) is 5.11 Å². The summed E-state index contributed by atoms with van der Waals surface area (Å²) in [5, 5.41) is 13.1. The van der Waals surface area contributed by atoms with Crippen molar-refractivity contribution in [1.29, 1.82) is 0 Å². The number of hydrogen-bond donors (Lipinski definition) is 2. The van der Waals surface area contributed by atoms with Gasteiger partial charge in [-0.1, -0.05) is 11.6 Å². The van der Waals surface area contributed by atoms with Crippen LogP contribution in [0.2, 0.25) is 0 Å². The van der Waals surface area contributed by atoms with Crippen LogP contribution in [0, 0.1) is 0 Å². The minimum absolute atomic E-state index is 0.669. The van der Waals surface area contributed by atoms with Crippen LogP contribution in [0.3, 0.4) is 0 Å². The van der Waals surface area contributed by atoms with Gasteiger partial charge in [0.1, 0.15) is 0 Å². The molecule has 0 heterocycles. The van der Waals surface area contributed by atoms with Gasteiger partial charge in [0.05, 0.1) is 5.60 Å². The van der Waals surface area contributed by atoms with Gasteiger partial charge in [-0.2, -0.15) is 0 Å². The molecule has 1 fully saturated rings. The lowest BCUT2D eigenvalue weighted by Gasteiger charge is -2.20. The fraction of sp³-hybridized carbons (Fsp3) is 0.800. The summed E-state index contributed by atoms with van der Waals surface area (Å²) in [6, 6.07) is 0.669. The Labute approximate surface area is 74.7 Å². The molecule has 0 saturated heterocycles. The molecular weight excluding hydrogens is 150 g/mol. The summed E-state index contributed by atoms with van der Waals surface area (Å²) in [5.74, 6) is 0. The van der Waals surface area contributed by atoms with E-state index in [1.807, 2.05) is 26.8 Å². The molecule has 1 aliphatic carbocycles. The predicted molar refractivity (Wildman–Crippen MR) is 51.1 cm³/mol. The first-order chi connectivity index (χ1) is 5.49. The zero-order valence-corrected chi connectivity index (χ0v) is 8.22. The molecule has 0 aliphatic heterocycles. The second kappa shape index (κ2) is 3.58. The molecule has 2 heteroatoms. The summed E-state index contributed by atoms with van der Waals surface area (Å²) >= 11 is 0. The minimum Gasteiger partial charge on any atom is -0.385 e. The van der Waals surface area contributed by atoms with Gasteiger partial charge in [0.25, 0.3) is 0 Å². The van der Waals surface area contributed by atoms with Crippen molar-refractivity contribution in [2.24, 2.45) is 0 Å². The van der Waals surface area contributed by atoms with E-state index in [1.165, 1.54) is 12.8 Å². The largest absolute Gasteiger partial charge is 0.385 e. The minimum atomic E-state index is -0.679. The molecule has 1 rings (SSSR count). The number of nitrogens with one attached hydrogen (secondary N) is 1. The Kier molecular flexibility index (Phi) is 2.91. The summed E-state index contributed by atoms with van der Waals surface area (Å²) < 4.78 is 0. The second-order valence-corrected chi connectivity index (χ2v) is 4.23. The molecule has 0 aromatic heterocycles. The van der Waals surface area contributed by atoms with Crippen molar-refractivity contribution in [3.05, 3.63) is 11.6 Å². The SMILES string of the molecule is CC(C)=CC(C)(O)CNC1CC1. The second-order valence-electron chi connectivity index (χ2n) is 4.23. The Morgan fingerprint density at radius 3 is 2.58 bits per heavy atom. The predicted octanol–water partition coefficient (Wildman–Crippen LogP) is 1.46. The van der Waals surface area contributed by atoms with Gasteiger partial charge in [-0.3, -0.25) is 0 Å². The van der Waals surface area contributed by atoms with Crippen LogP contribution in [-0.2, 0) is 0 Å². The summed E-state index contributed by atoms with van der Waals surface area (Å²) in [6.07, 6.45) is 4.44. The van der Waals surface area contributed by atoms with Gasteiger partial charge in [0.15, 0.2) is 0 Å². The fourth-order valence-electron chi connectivity index (χ4n) is 1.31. The van der Waals surface area contributed by atoms with Gasteiger partial charge in [-0.15, -0.1) is 0 Å². The maximum atomic E-state index is 9.82. The quantitative estimate of drug-likeness (QED) is 0.624. The van der Waals surface area contributed by atoms with Crippen LogP contribution in [0.25, 0.3) is 0 Å². The standard InChI is InChI=1S/C10H19NO/c1-8(2)6-10(3,12)7-11-9-4-5-9/h6,9,11-12H,4-5,7H2,1-3H3. The summed E-state index contributed by atoms with van der Waals surface area (Å²) in [5.41, 5.74) is 0.485. The fourth-order valence-corrected chi connectivity index (χ4v) is 1.31. The molecule has 0 aromatic rings. The van der Waals surface area contributed by atoms with Gasteiger partial charge in [-0.25, -0.2) is 0 Å². The molecule has 1 atom stereocenters. The molecule has 1 unspecified atom stereocenters. The van der Waals surface area contributed by atoms with Crippen LogP contribution >= 0.6 is 0 Å². The van der Waals surface area contributed by atoms with Crippen LogP contribution in [0.1, 0.15) is 33.6 Å². The van der Waals surface area contributed by atoms with Crippen LogP contribution < -0.4 is 5.32 Å². The first-order valence-electron chi connectivity index (χ1n) is 4.61. The Morgan fingerprint density at radius 1 is 1.58 bits per heavy atom. The van der Waals surface area contributed by atoms with Gasteiger partial charge >= 0.3 is 0 Å². The van der Waals surface area contributed by atoms with Crippen molar-refractivity contribution in [1.82, 2.24) is 5.32 Å². The van der Waals surface area contributed by atoms with Gasteiger partial charge in [0.2, 0.25) is 0 Å². The highest BCUT2D eigenvalue weighted by Crippen LogP contribution is 2.19. The highest BCUT2D eigenvalue weighted by molar-refractivity contribution is 5.06. The van der Waals surface area contributed by atoms with E-state index in [0.717, 1.165) is 5.57 Å². The lowest BCUT2D eigenvalue weighted by Crippen LogP contribution is -2.37. The number of allylic oxidation sites excluding steroid dienone is 1. The molecule has 0 amide bonds. The molecule has 0 bridgehead atoms. The third-order valence-electron chi connectivity index (χ3n) is 1.93. The zero-order valence-electron chi connectivity index (χ0n) is 8.22. The zero-order chi connectivity index (χ0) is 9.19. The smallest absolute Gasteiger partial charge is 0.0925 e. The average Bonchev–Trinajstić information content (AvgIpc) is 2.62. The van der Waals surface area contributed by atoms with Gasteiger partial charge in [0, 0.05) is 12.6 Å². The number of aliphatic hydroxyl groups is 1. The van der Waals surface area contributed by atoms with E-state index in [4.69, 9.17) is 0 Å². The Bertz CT molecular complexity index is 176. The third-order valence-corrected chi connectivity index (χ3v) is 1.93. The Morgan fingerprint density at radius 2 is 2.17 bits per heavy atom. The van der Waals surface area contributed by atoms with E-state index in [2.05, 4.69) is 5.32 Å². The molecule has 70 valence electrons. The molecule has 1 saturated carbocycles. The van der Waals surface area contributed by atoms with E-state index in [1.54, 1.807) is 0 Å². The monoisotopic (exact) mass is 169 g/mol. The summed E-state index contributed by atoms with van der Waals surface area (Å²) in [4.78, 5) is 0. The number of hydrogen-bond acceptors (Lipinski definition) is 2. The molecule has 0 spiro atoms. The maximum absolute atomic E-state index is 9.82. The first-order valence-corrected chi connectivity index (χ1v) is 4.61. The normalized spacial score (nSPS) is 21.7. The van der Waals surface area contributed by atoms with E-state index in [0.29, 0.717) is 12.6 Å². The maximum Gasteiger partial charge on any atom is 0.0925 e. The Balaban J connectivity index is 2.30. The van der Waals surface area contributed by atoms with Crippen LogP contribution in [0.5, 0.6) is 0 Å². The van der Waals surface area contributed by atoms with Crippen molar-refractivity contribution in [3.63, 3.8) is 0 Å². The van der Waals surface area contributed by atoms with Crippen molar-refractivity contribution < 1.29 is 5.11 Å². The molecule has 2 nitrogen and oxygen atoms in total. The third kappa shape index (κ3) is 3.88. The Hall–Kier alpha value is -0.340. The topological polar surface area (TPSA) is 32.3 Å². The molecule has 0 aromatic carbocycles. The van der Waals surface area contributed by atoms with E-state index in [-0.39, 0.29) is 0 Å². The molecule has 2 N–H and O–H groups in total. The molecule has 12 heavy (non-hydrogen) atoms. The molecule has 1 aliphatic rings. The van der Waals surface area contributed by atoms with Crippen molar-refractivity contribution in [2.75, 3.05) is 6.54 Å². The van der Waals surface area contributed by atoms with Crippen LogP contribution in [-0.4, -0.2) is 23.3 Å². The highest BCUT2D eigenvalue weighted by Gasteiger charge is 2.24. The summed E-state index contributed by atoms with van der Waals surface area (Å²) in [7, 11) is 0. The molecule has 0 radical (unpaired) electrons. The van der Waals surface area contributed by atoms with E-state index < -0.39 is 5.60 Å². The van der Waals surface area contributed by atoms with Crippen LogP contribution in [0.15, 0.2) is 11.6 Å². The average molecular weight is 169 g/mol. The van der Waals surface area contributed by atoms with Gasteiger partial charge in [-0.05, 0) is 33.6 Å². The number of rotatable bonds is 4. The first kappa shape index (κ1) is 9.75. The molecular formula is C10H19NO. The summed E-state index contributed by atoms with van der Waals surface area (Å²) in [6.45, 7) is 6.52. The van der Waals surface area contributed by atoms with Gasteiger partial charge < -0.3 is 10.4 Å². The highest BCUT2D eigenvalue weighted by atomic mass is 16.3. The lowest BCUT2D eigenvalue weighted by molar-refractivity contribution is 0.109. The van der Waals surface area contributed by atoms with Crippen LogP contribution in [0.4, 0.5) is 0 Å². The lowest BCUT2D eigenvalue weighted by atomic mass is 10.0. The van der Waals surface area contributed by atoms with Crippen molar-refractivity contribution in [3.8, 4) is 0 Å². The van der Waals surface area contributed by atoms with Crippen molar-refractivity contribution >= 4 is 0 Å². The van der Waals surface area contributed by atoms with Crippen molar-refractivity contribution in [2.45, 2.75) is 45.3 Å².